The summed E-state index contributed by atoms with van der Waals surface area (Å²) in [6, 6.07) is 0. The minimum Gasteiger partial charge on any atom is -0.385 e. The highest BCUT2D eigenvalue weighted by atomic mass is 79.9. The number of halogens is 1. The van der Waals surface area contributed by atoms with Crippen molar-refractivity contribution in [1.29, 1.82) is 0 Å². The molecule has 1 heterocycles. The van der Waals surface area contributed by atoms with Crippen molar-refractivity contribution in [1.82, 2.24) is 9.78 Å². The van der Waals surface area contributed by atoms with Gasteiger partial charge in [-0.05, 0) is 41.6 Å². The van der Waals surface area contributed by atoms with Crippen LogP contribution in [0, 0.1) is 0 Å². The van der Waals surface area contributed by atoms with Crippen molar-refractivity contribution in [2.24, 2.45) is 0 Å². The lowest BCUT2D eigenvalue weighted by Crippen LogP contribution is -2.24. The van der Waals surface area contributed by atoms with Crippen molar-refractivity contribution < 1.29 is 4.74 Å². The minimum atomic E-state index is -0.0776. The normalized spacial score (nSPS) is 10.7. The molecule has 0 radical (unpaired) electrons. The lowest BCUT2D eigenvalue weighted by Gasteiger charge is -2.09. The second kappa shape index (κ2) is 9.09. The molecule has 6 heteroatoms. The van der Waals surface area contributed by atoms with Gasteiger partial charge >= 0.3 is 0 Å². The van der Waals surface area contributed by atoms with Gasteiger partial charge in [-0.2, -0.15) is 5.10 Å². The number of ether oxygens (including phenoxy) is 1. The molecule has 0 bridgehead atoms. The molecule has 0 aliphatic carbocycles. The third-order valence-electron chi connectivity index (χ3n) is 2.76. The zero-order chi connectivity index (χ0) is 14.1. The van der Waals surface area contributed by atoms with Crippen LogP contribution in [0.3, 0.4) is 0 Å². The number of rotatable bonds is 9. The molecule has 19 heavy (non-hydrogen) atoms. The maximum atomic E-state index is 12.0. The Morgan fingerprint density at radius 3 is 2.89 bits per heavy atom. The van der Waals surface area contributed by atoms with E-state index in [1.165, 1.54) is 4.68 Å². The number of aromatic nitrogens is 2. The second-order valence-electron chi connectivity index (χ2n) is 4.38. The molecule has 0 aliphatic rings. The van der Waals surface area contributed by atoms with E-state index in [4.69, 9.17) is 4.74 Å². The first-order chi connectivity index (χ1) is 9.20. The Bertz CT molecular complexity index is 434. The Morgan fingerprint density at radius 1 is 1.42 bits per heavy atom. The first-order valence-electron chi connectivity index (χ1n) is 6.69. The Labute approximate surface area is 122 Å². The molecule has 1 aromatic rings. The molecule has 0 saturated carbocycles. The Morgan fingerprint density at radius 2 is 2.21 bits per heavy atom. The maximum Gasteiger partial charge on any atom is 0.283 e. The first kappa shape index (κ1) is 16.2. The summed E-state index contributed by atoms with van der Waals surface area (Å²) in [7, 11) is 1.71. The molecule has 108 valence electrons. The fourth-order valence-corrected chi connectivity index (χ4v) is 2.18. The van der Waals surface area contributed by atoms with Crippen LogP contribution in [-0.2, 0) is 11.3 Å². The molecular formula is C13H22BrN3O2. The number of aryl methyl sites for hydroxylation is 1. The van der Waals surface area contributed by atoms with Gasteiger partial charge in [0.05, 0.1) is 11.9 Å². The van der Waals surface area contributed by atoms with Crippen molar-refractivity contribution in [3.63, 3.8) is 0 Å². The zero-order valence-electron chi connectivity index (χ0n) is 11.6. The SMILES string of the molecule is CCCn1ncc(NCCCCCOC)c(Br)c1=O. The molecule has 0 aliphatic heterocycles. The maximum absolute atomic E-state index is 12.0. The molecule has 5 nitrogen and oxygen atoms in total. The number of hydrogen-bond acceptors (Lipinski definition) is 4. The van der Waals surface area contributed by atoms with Crippen LogP contribution in [-0.4, -0.2) is 30.0 Å². The Balaban J connectivity index is 2.46. The van der Waals surface area contributed by atoms with Gasteiger partial charge in [0.2, 0.25) is 0 Å². The van der Waals surface area contributed by atoms with E-state index >= 15 is 0 Å². The number of methoxy groups -OCH3 is 1. The summed E-state index contributed by atoms with van der Waals surface area (Å²) >= 11 is 3.34. The molecule has 0 amide bonds. The van der Waals surface area contributed by atoms with Crippen molar-refractivity contribution in [3.05, 3.63) is 21.0 Å². The molecule has 0 spiro atoms. The van der Waals surface area contributed by atoms with Crippen molar-refractivity contribution in [3.8, 4) is 0 Å². The predicted molar refractivity (Wildman–Crippen MR) is 80.7 cm³/mol. The van der Waals surface area contributed by atoms with Crippen LogP contribution in [0.2, 0.25) is 0 Å². The fraction of sp³-hybridized carbons (Fsp3) is 0.692. The van der Waals surface area contributed by atoms with E-state index in [0.29, 0.717) is 11.0 Å². The van der Waals surface area contributed by atoms with E-state index in [1.54, 1.807) is 13.3 Å². The van der Waals surface area contributed by atoms with E-state index in [-0.39, 0.29) is 5.56 Å². The Kier molecular flexibility index (Phi) is 7.74. The van der Waals surface area contributed by atoms with Gasteiger partial charge in [0.25, 0.3) is 5.56 Å². The van der Waals surface area contributed by atoms with Crippen molar-refractivity contribution in [2.75, 3.05) is 25.6 Å². The molecule has 0 fully saturated rings. The minimum absolute atomic E-state index is 0.0776. The molecule has 0 atom stereocenters. The quantitative estimate of drug-likeness (QED) is 0.707. The number of anilines is 1. The lowest BCUT2D eigenvalue weighted by atomic mass is 10.2. The molecule has 0 aromatic carbocycles. The second-order valence-corrected chi connectivity index (χ2v) is 5.17. The van der Waals surface area contributed by atoms with Gasteiger partial charge in [-0.15, -0.1) is 0 Å². The van der Waals surface area contributed by atoms with E-state index < -0.39 is 0 Å². The molecular weight excluding hydrogens is 310 g/mol. The molecule has 1 rings (SSSR count). The predicted octanol–water partition coefficient (Wildman–Crippen LogP) is 2.64. The van der Waals surface area contributed by atoms with Crippen molar-refractivity contribution in [2.45, 2.75) is 39.2 Å². The van der Waals surface area contributed by atoms with Gasteiger partial charge in [-0.1, -0.05) is 6.92 Å². The zero-order valence-corrected chi connectivity index (χ0v) is 13.2. The Hall–Kier alpha value is -0.880. The van der Waals surface area contributed by atoms with Crippen LogP contribution >= 0.6 is 15.9 Å². The van der Waals surface area contributed by atoms with Crippen LogP contribution in [0.25, 0.3) is 0 Å². The van der Waals surface area contributed by atoms with E-state index in [2.05, 4.69) is 26.3 Å². The van der Waals surface area contributed by atoms with E-state index in [1.807, 2.05) is 6.92 Å². The van der Waals surface area contributed by atoms with Crippen LogP contribution < -0.4 is 10.9 Å². The average Bonchev–Trinajstić information content (AvgIpc) is 2.41. The largest absolute Gasteiger partial charge is 0.385 e. The topological polar surface area (TPSA) is 56.1 Å². The van der Waals surface area contributed by atoms with Crippen LogP contribution in [0.5, 0.6) is 0 Å². The summed E-state index contributed by atoms with van der Waals surface area (Å²) in [4.78, 5) is 12.0. The highest BCUT2D eigenvalue weighted by molar-refractivity contribution is 9.10. The van der Waals surface area contributed by atoms with Gasteiger partial charge in [0, 0.05) is 26.8 Å². The number of unbranched alkanes of at least 4 members (excludes halogenated alkanes) is 2. The van der Waals surface area contributed by atoms with Crippen LogP contribution in [0.4, 0.5) is 5.69 Å². The van der Waals surface area contributed by atoms with Gasteiger partial charge in [0.15, 0.2) is 0 Å². The highest BCUT2D eigenvalue weighted by Gasteiger charge is 2.07. The summed E-state index contributed by atoms with van der Waals surface area (Å²) in [6.45, 7) is 4.31. The summed E-state index contributed by atoms with van der Waals surface area (Å²) in [5, 5.41) is 7.39. The first-order valence-corrected chi connectivity index (χ1v) is 7.48. The molecule has 0 saturated heterocycles. The summed E-state index contributed by atoms with van der Waals surface area (Å²) in [5.41, 5.74) is 0.690. The molecule has 0 unspecified atom stereocenters. The van der Waals surface area contributed by atoms with E-state index in [9.17, 15) is 4.79 Å². The standard InChI is InChI=1S/C13H22BrN3O2/c1-3-8-17-13(18)12(14)11(10-16-17)15-7-5-4-6-9-19-2/h10,15H,3-9H2,1-2H3. The van der Waals surface area contributed by atoms with Crippen LogP contribution in [0.15, 0.2) is 15.5 Å². The van der Waals surface area contributed by atoms with Crippen LogP contribution in [0.1, 0.15) is 32.6 Å². The summed E-state index contributed by atoms with van der Waals surface area (Å²) in [6.07, 6.45) is 5.82. The third-order valence-corrected chi connectivity index (χ3v) is 3.53. The van der Waals surface area contributed by atoms with Gasteiger partial charge in [-0.25, -0.2) is 4.68 Å². The third kappa shape index (κ3) is 5.32. The monoisotopic (exact) mass is 331 g/mol. The number of nitrogens with one attached hydrogen (secondary N) is 1. The van der Waals surface area contributed by atoms with Gasteiger partial charge in [0.1, 0.15) is 4.47 Å². The van der Waals surface area contributed by atoms with Gasteiger partial charge < -0.3 is 10.1 Å². The average molecular weight is 332 g/mol. The van der Waals surface area contributed by atoms with Gasteiger partial charge in [-0.3, -0.25) is 4.79 Å². The summed E-state index contributed by atoms with van der Waals surface area (Å²) < 4.78 is 7.04. The lowest BCUT2D eigenvalue weighted by molar-refractivity contribution is 0.192. The molecule has 1 N–H and O–H groups in total. The fourth-order valence-electron chi connectivity index (χ4n) is 1.73. The number of nitrogens with zero attached hydrogens (tertiary/aromatic N) is 2. The smallest absolute Gasteiger partial charge is 0.283 e. The summed E-state index contributed by atoms with van der Waals surface area (Å²) in [5.74, 6) is 0. The van der Waals surface area contributed by atoms with Crippen molar-refractivity contribution >= 4 is 21.6 Å². The highest BCUT2D eigenvalue weighted by Crippen LogP contribution is 2.16. The number of hydrogen-bond donors (Lipinski definition) is 1. The van der Waals surface area contributed by atoms with E-state index in [0.717, 1.165) is 44.5 Å². The molecule has 1 aromatic heterocycles.